The summed E-state index contributed by atoms with van der Waals surface area (Å²) in [5, 5.41) is 2.01. The van der Waals surface area contributed by atoms with Crippen molar-refractivity contribution in [2.45, 2.75) is 19.0 Å². The van der Waals surface area contributed by atoms with E-state index in [1.165, 1.54) is 16.7 Å². The zero-order valence-electron chi connectivity index (χ0n) is 20.2. The van der Waals surface area contributed by atoms with Gasteiger partial charge in [-0.2, -0.15) is 0 Å². The van der Waals surface area contributed by atoms with Gasteiger partial charge in [0.1, 0.15) is 0 Å². The number of hydrogen-bond donors (Lipinski definition) is 0. The number of fused-ring (bicyclic) bond motifs is 1. The molecule has 36 heavy (non-hydrogen) atoms. The van der Waals surface area contributed by atoms with Gasteiger partial charge in [-0.15, -0.1) is 0 Å². The Balaban J connectivity index is 1.50. The molecule has 2 nitrogen and oxygen atoms in total. The molecular weight excluding hydrogens is 457 g/mol. The van der Waals surface area contributed by atoms with Crippen molar-refractivity contribution in [2.24, 2.45) is 11.8 Å². The molecule has 0 aromatic heterocycles. The van der Waals surface area contributed by atoms with E-state index in [0.717, 1.165) is 17.0 Å². The molecule has 6 rings (SSSR count). The summed E-state index contributed by atoms with van der Waals surface area (Å²) < 4.78 is 17.8. The van der Waals surface area contributed by atoms with E-state index in [0.29, 0.717) is 6.54 Å². The van der Waals surface area contributed by atoms with Gasteiger partial charge >= 0.3 is 0 Å². The van der Waals surface area contributed by atoms with Crippen LogP contribution in [0, 0.1) is 11.8 Å². The van der Waals surface area contributed by atoms with Crippen molar-refractivity contribution in [3.63, 3.8) is 0 Å². The smallest absolute Gasteiger partial charge is 0.204 e. The molecule has 178 valence electrons. The van der Waals surface area contributed by atoms with Crippen LogP contribution in [0.15, 0.2) is 145 Å². The first kappa shape index (κ1) is 23.0. The van der Waals surface area contributed by atoms with Crippen LogP contribution in [-0.4, -0.2) is 4.67 Å². The SMILES string of the molecule is O=[P@]1(c2ccccc2)C2=C[C@H](Cc3ccccc3)C=C[C@@H]2[C@@H](c2ccccc2)N1Cc1ccccc1. The minimum absolute atomic E-state index is 0.0117. The maximum atomic E-state index is 15.5. The van der Waals surface area contributed by atoms with Gasteiger partial charge in [0.05, 0.1) is 6.04 Å². The molecule has 0 N–H and O–H groups in total. The zero-order valence-corrected chi connectivity index (χ0v) is 21.1. The Labute approximate surface area is 214 Å². The number of benzene rings is 4. The van der Waals surface area contributed by atoms with Crippen LogP contribution in [0.5, 0.6) is 0 Å². The second-order valence-corrected chi connectivity index (χ2v) is 12.4. The van der Waals surface area contributed by atoms with Gasteiger partial charge in [-0.05, 0) is 41.2 Å². The molecule has 0 bridgehead atoms. The summed E-state index contributed by atoms with van der Waals surface area (Å²) in [6, 6.07) is 41.8. The fraction of sp³-hybridized carbons (Fsp3) is 0.152. The maximum Gasteiger partial charge on any atom is 0.204 e. The first-order chi connectivity index (χ1) is 17.7. The van der Waals surface area contributed by atoms with E-state index in [9.17, 15) is 0 Å². The van der Waals surface area contributed by atoms with Crippen LogP contribution in [0.2, 0.25) is 0 Å². The zero-order chi connectivity index (χ0) is 24.4. The quantitative estimate of drug-likeness (QED) is 0.204. The average molecular weight is 488 g/mol. The largest absolute Gasteiger partial charge is 0.297 e. The minimum atomic E-state index is -3.05. The van der Waals surface area contributed by atoms with E-state index in [4.69, 9.17) is 0 Å². The van der Waals surface area contributed by atoms with Crippen LogP contribution in [0.25, 0.3) is 0 Å². The van der Waals surface area contributed by atoms with Crippen molar-refractivity contribution in [3.05, 3.63) is 162 Å². The topological polar surface area (TPSA) is 20.3 Å². The molecule has 0 amide bonds. The molecule has 1 aliphatic carbocycles. The van der Waals surface area contributed by atoms with Gasteiger partial charge in [0.15, 0.2) is 0 Å². The predicted molar refractivity (Wildman–Crippen MR) is 149 cm³/mol. The van der Waals surface area contributed by atoms with Crippen molar-refractivity contribution < 1.29 is 4.57 Å². The first-order valence-electron chi connectivity index (χ1n) is 12.7. The van der Waals surface area contributed by atoms with E-state index in [2.05, 4.69) is 120 Å². The van der Waals surface area contributed by atoms with Crippen LogP contribution < -0.4 is 5.30 Å². The Morgan fingerprint density at radius 3 is 1.83 bits per heavy atom. The minimum Gasteiger partial charge on any atom is -0.297 e. The third-order valence-electron chi connectivity index (χ3n) is 7.41. The summed E-state index contributed by atoms with van der Waals surface area (Å²) in [6.45, 7) is 0.637. The second-order valence-electron chi connectivity index (χ2n) is 9.71. The van der Waals surface area contributed by atoms with Crippen molar-refractivity contribution >= 4 is 12.6 Å². The van der Waals surface area contributed by atoms with Crippen LogP contribution >= 0.6 is 7.29 Å². The highest BCUT2D eigenvalue weighted by molar-refractivity contribution is 7.73. The highest BCUT2D eigenvalue weighted by Gasteiger charge is 2.53. The molecule has 0 unspecified atom stereocenters. The Morgan fingerprint density at radius 2 is 1.19 bits per heavy atom. The van der Waals surface area contributed by atoms with Gasteiger partial charge in [-0.25, -0.2) is 4.67 Å². The maximum absolute atomic E-state index is 15.5. The molecular formula is C33H30NOP. The summed E-state index contributed by atoms with van der Waals surface area (Å²) in [5.41, 5.74) is 3.69. The molecule has 1 fully saturated rings. The average Bonchev–Trinajstić information content (AvgIpc) is 3.19. The third-order valence-corrected chi connectivity index (χ3v) is 10.7. The Morgan fingerprint density at radius 1 is 0.639 bits per heavy atom. The van der Waals surface area contributed by atoms with Crippen molar-refractivity contribution in [1.82, 2.24) is 4.67 Å². The molecule has 2 aliphatic rings. The molecule has 0 saturated carbocycles. The van der Waals surface area contributed by atoms with E-state index in [1.54, 1.807) is 0 Å². The van der Waals surface area contributed by atoms with Gasteiger partial charge < -0.3 is 0 Å². The number of hydrogen-bond acceptors (Lipinski definition) is 1. The molecule has 4 atom stereocenters. The van der Waals surface area contributed by atoms with Crippen molar-refractivity contribution in [3.8, 4) is 0 Å². The fourth-order valence-electron chi connectivity index (χ4n) is 5.76. The monoisotopic (exact) mass is 487 g/mol. The summed E-state index contributed by atoms with van der Waals surface area (Å²) >= 11 is 0. The van der Waals surface area contributed by atoms with Crippen molar-refractivity contribution in [1.29, 1.82) is 0 Å². The molecule has 1 heterocycles. The molecule has 0 spiro atoms. The van der Waals surface area contributed by atoms with Gasteiger partial charge in [0, 0.05) is 23.1 Å². The molecule has 1 aliphatic heterocycles. The van der Waals surface area contributed by atoms with Crippen LogP contribution in [0.1, 0.15) is 22.7 Å². The number of allylic oxidation sites excluding steroid dienone is 2. The lowest BCUT2D eigenvalue weighted by Gasteiger charge is -2.31. The lowest BCUT2D eigenvalue weighted by atomic mass is 9.85. The standard InChI is InChI=1S/C33H30NOP/c35-36(30-19-11-4-12-20-30)32-24-28(23-26-13-5-1-6-14-26)21-22-31(32)33(29-17-9-3-10-18-29)34(36)25-27-15-7-2-8-16-27/h1-22,24,28,31,33H,23,25H2/t28-,31-,33+,36+/m0/s1. The predicted octanol–water partition coefficient (Wildman–Crippen LogP) is 7.78. The Bertz CT molecular complexity index is 1410. The number of rotatable bonds is 6. The van der Waals surface area contributed by atoms with E-state index < -0.39 is 7.29 Å². The summed E-state index contributed by atoms with van der Waals surface area (Å²) in [4.78, 5) is 0. The molecule has 0 radical (unpaired) electrons. The van der Waals surface area contributed by atoms with E-state index >= 15 is 4.57 Å². The van der Waals surface area contributed by atoms with Gasteiger partial charge in [-0.3, -0.25) is 4.57 Å². The lowest BCUT2D eigenvalue weighted by Crippen LogP contribution is -2.25. The van der Waals surface area contributed by atoms with Gasteiger partial charge in [-0.1, -0.05) is 127 Å². The fourth-order valence-corrected chi connectivity index (χ4v) is 9.25. The molecule has 4 aromatic carbocycles. The summed E-state index contributed by atoms with van der Waals surface area (Å²) in [6.07, 6.45) is 7.91. The molecule has 3 heteroatoms. The Kier molecular flexibility index (Phi) is 6.32. The first-order valence-corrected chi connectivity index (χ1v) is 14.4. The van der Waals surface area contributed by atoms with Gasteiger partial charge in [0.25, 0.3) is 0 Å². The van der Waals surface area contributed by atoms with Crippen LogP contribution in [0.4, 0.5) is 0 Å². The van der Waals surface area contributed by atoms with Crippen LogP contribution in [-0.2, 0) is 17.5 Å². The normalized spacial score (nSPS) is 25.3. The molecule has 1 saturated heterocycles. The van der Waals surface area contributed by atoms with E-state index in [-0.39, 0.29) is 17.9 Å². The summed E-state index contributed by atoms with van der Waals surface area (Å²) in [5.74, 6) is 0.304. The van der Waals surface area contributed by atoms with E-state index in [1.807, 2.05) is 24.3 Å². The van der Waals surface area contributed by atoms with Crippen LogP contribution in [0.3, 0.4) is 0 Å². The highest BCUT2D eigenvalue weighted by atomic mass is 31.2. The Hall–Kier alpha value is -3.45. The second kappa shape index (κ2) is 9.90. The third kappa shape index (κ3) is 4.22. The molecule has 4 aromatic rings. The highest BCUT2D eigenvalue weighted by Crippen LogP contribution is 2.71. The summed E-state index contributed by atoms with van der Waals surface area (Å²) in [7, 11) is -3.05. The van der Waals surface area contributed by atoms with Crippen molar-refractivity contribution in [2.75, 3.05) is 0 Å². The number of nitrogens with zero attached hydrogens (tertiary/aromatic N) is 1. The lowest BCUT2D eigenvalue weighted by molar-refractivity contribution is 0.314. The van der Waals surface area contributed by atoms with Gasteiger partial charge in [0.2, 0.25) is 7.29 Å².